The third-order valence-electron chi connectivity index (χ3n) is 8.85. The number of benzene rings is 4. The average molecular weight is 707 g/mol. The number of carbonyl (C=O) groups excluding carboxylic acids is 4. The second kappa shape index (κ2) is 14.5. The van der Waals surface area contributed by atoms with Gasteiger partial charge >= 0.3 is 11.9 Å². The molecule has 4 aromatic carbocycles. The topological polar surface area (TPSA) is 155 Å². The zero-order chi connectivity index (χ0) is 36.4. The number of amides is 2. The zero-order valence-corrected chi connectivity index (χ0v) is 29.1. The number of rotatable bonds is 9. The van der Waals surface area contributed by atoms with Crippen molar-refractivity contribution in [1.82, 2.24) is 20.0 Å². The Kier molecular flexibility index (Phi) is 9.97. The third kappa shape index (κ3) is 6.34. The number of esters is 2. The van der Waals surface area contributed by atoms with E-state index >= 15 is 0 Å². The van der Waals surface area contributed by atoms with E-state index in [1.807, 2.05) is 30.3 Å². The molecular formula is C38H35N4O8P. The minimum Gasteiger partial charge on any atom is -0.467 e. The molecule has 2 amide bonds. The van der Waals surface area contributed by atoms with E-state index in [1.165, 1.54) is 37.4 Å². The number of nitrogens with zero attached hydrogens (tertiary/aromatic N) is 2. The Morgan fingerprint density at radius 2 is 0.961 bits per heavy atom. The number of ether oxygens (including phenoxy) is 2. The molecule has 12 nitrogen and oxygen atoms in total. The molecule has 0 fully saturated rings. The Morgan fingerprint density at radius 1 is 0.588 bits per heavy atom. The first-order valence-electron chi connectivity index (χ1n) is 16.1. The molecule has 1 aliphatic heterocycles. The minimum atomic E-state index is -1.71. The van der Waals surface area contributed by atoms with Crippen LogP contribution in [0.25, 0.3) is 10.8 Å². The predicted molar refractivity (Wildman–Crippen MR) is 193 cm³/mol. The monoisotopic (exact) mass is 706 g/mol. The molecule has 2 heterocycles. The highest BCUT2D eigenvalue weighted by atomic mass is 31.1. The van der Waals surface area contributed by atoms with Gasteiger partial charge in [-0.05, 0) is 62.5 Å². The number of fused-ring (bicyclic) bond motifs is 2. The van der Waals surface area contributed by atoms with Gasteiger partial charge in [0.25, 0.3) is 22.9 Å². The molecule has 13 heteroatoms. The highest BCUT2D eigenvalue weighted by molar-refractivity contribution is 7.66. The Labute approximate surface area is 293 Å². The molecule has 260 valence electrons. The van der Waals surface area contributed by atoms with Crippen LogP contribution in [0.2, 0.25) is 0 Å². The predicted octanol–water partition coefficient (Wildman–Crippen LogP) is 3.66. The van der Waals surface area contributed by atoms with Crippen LogP contribution >= 0.6 is 7.92 Å². The van der Waals surface area contributed by atoms with E-state index in [2.05, 4.69) is 10.6 Å². The van der Waals surface area contributed by atoms with Crippen molar-refractivity contribution < 1.29 is 28.7 Å². The smallest absolute Gasteiger partial charge is 0.328 e. The van der Waals surface area contributed by atoms with Crippen LogP contribution in [-0.2, 0) is 19.1 Å². The molecule has 2 N–H and O–H groups in total. The number of hydrogen-bond acceptors (Lipinski definition) is 8. The molecule has 1 aliphatic rings. The molecule has 5 aromatic rings. The largest absolute Gasteiger partial charge is 0.467 e. The minimum absolute atomic E-state index is 0.194. The van der Waals surface area contributed by atoms with Crippen LogP contribution in [0.3, 0.4) is 0 Å². The van der Waals surface area contributed by atoms with Crippen molar-refractivity contribution in [3.05, 3.63) is 146 Å². The van der Waals surface area contributed by atoms with Gasteiger partial charge in [0.05, 0.1) is 25.0 Å². The summed E-state index contributed by atoms with van der Waals surface area (Å²) in [6, 6.07) is 27.5. The van der Waals surface area contributed by atoms with Crippen LogP contribution in [-0.4, -0.2) is 59.4 Å². The second-order valence-corrected chi connectivity index (χ2v) is 14.3. The Balaban J connectivity index is 1.66. The first-order valence-corrected chi connectivity index (χ1v) is 17.6. The standard InChI is InChI=1S/C38H35N4O8P/c1-22(37(47)49-3)39-31(43)25-16-8-12-20-29(25)35-41-33(45)27-18-10-11-19-28(27)34(46)42(41)36(51(35)24-14-6-5-7-15-24)30-21-13-9-17-26(30)32(44)40-23(2)38(48)50-4/h5-23,35-36H,1-4H3,(H,39,43)(H,40,44)/t22-,23?,35+,36+,51?/m0/s1. The molecule has 0 saturated carbocycles. The van der Waals surface area contributed by atoms with E-state index in [0.717, 1.165) is 5.30 Å². The average Bonchev–Trinajstić information content (AvgIpc) is 3.52. The first-order chi connectivity index (χ1) is 24.6. The van der Waals surface area contributed by atoms with E-state index < -0.39 is 66.4 Å². The van der Waals surface area contributed by atoms with Gasteiger partial charge in [0.15, 0.2) is 0 Å². The van der Waals surface area contributed by atoms with Gasteiger partial charge in [-0.2, -0.15) is 0 Å². The number of nitrogens with one attached hydrogen (secondary N) is 2. The number of methoxy groups -OCH3 is 2. The Hall–Kier alpha value is -5.87. The van der Waals surface area contributed by atoms with Crippen molar-refractivity contribution in [3.8, 4) is 0 Å². The maximum absolute atomic E-state index is 14.7. The van der Waals surface area contributed by atoms with E-state index in [4.69, 9.17) is 9.47 Å². The summed E-state index contributed by atoms with van der Waals surface area (Å²) in [6.07, 6.45) is 0. The van der Waals surface area contributed by atoms with Gasteiger partial charge < -0.3 is 20.1 Å². The molecule has 2 unspecified atom stereocenters. The lowest BCUT2D eigenvalue weighted by Crippen LogP contribution is -2.41. The fourth-order valence-electron chi connectivity index (χ4n) is 6.45. The second-order valence-electron chi connectivity index (χ2n) is 11.9. The molecule has 0 spiro atoms. The Bertz CT molecular complexity index is 2150. The SMILES string of the molecule is COC(=O)C(C)NC(=O)c1ccccc1[C@@H]1n2c(=O)c3ccccc3c(=O)n2[C@@H](c2ccccc2C(=O)N[C@@H](C)C(=O)OC)P1c1ccccc1. The van der Waals surface area contributed by atoms with Gasteiger partial charge in [-0.1, -0.05) is 78.9 Å². The summed E-state index contributed by atoms with van der Waals surface area (Å²) in [5.41, 5.74) is 0.354. The van der Waals surface area contributed by atoms with Gasteiger partial charge in [0, 0.05) is 11.1 Å². The maximum Gasteiger partial charge on any atom is 0.328 e. The van der Waals surface area contributed by atoms with E-state index in [9.17, 15) is 28.8 Å². The maximum atomic E-state index is 14.7. The van der Waals surface area contributed by atoms with Crippen LogP contribution in [0.4, 0.5) is 0 Å². The van der Waals surface area contributed by atoms with E-state index in [1.54, 1.807) is 72.8 Å². The fraction of sp³-hybridized carbons (Fsp3) is 0.211. The summed E-state index contributed by atoms with van der Waals surface area (Å²) in [5, 5.41) is 6.57. The van der Waals surface area contributed by atoms with E-state index in [0.29, 0.717) is 11.1 Å². The molecule has 0 aliphatic carbocycles. The van der Waals surface area contributed by atoms with Gasteiger partial charge in [0.1, 0.15) is 23.6 Å². The van der Waals surface area contributed by atoms with Crippen molar-refractivity contribution in [2.45, 2.75) is 37.5 Å². The lowest BCUT2D eigenvalue weighted by atomic mass is 10.1. The molecule has 0 bridgehead atoms. The van der Waals surface area contributed by atoms with Crippen LogP contribution < -0.4 is 27.1 Å². The summed E-state index contributed by atoms with van der Waals surface area (Å²) in [4.78, 5) is 81.7. The summed E-state index contributed by atoms with van der Waals surface area (Å²) >= 11 is 0. The van der Waals surface area contributed by atoms with Crippen LogP contribution in [0.1, 0.15) is 57.3 Å². The van der Waals surface area contributed by atoms with Crippen molar-refractivity contribution in [1.29, 1.82) is 0 Å². The van der Waals surface area contributed by atoms with E-state index in [-0.39, 0.29) is 21.9 Å². The van der Waals surface area contributed by atoms with Crippen LogP contribution in [0.15, 0.2) is 113 Å². The van der Waals surface area contributed by atoms with Gasteiger partial charge in [-0.25, -0.2) is 19.0 Å². The van der Waals surface area contributed by atoms with Crippen molar-refractivity contribution in [3.63, 3.8) is 0 Å². The lowest BCUT2D eigenvalue weighted by molar-refractivity contribution is -0.143. The van der Waals surface area contributed by atoms with Crippen molar-refractivity contribution in [2.75, 3.05) is 14.2 Å². The molecule has 5 atom stereocenters. The summed E-state index contributed by atoms with van der Waals surface area (Å²) in [5.74, 6) is -4.20. The molecule has 1 aromatic heterocycles. The number of aromatic nitrogens is 2. The van der Waals surface area contributed by atoms with Crippen molar-refractivity contribution >= 4 is 47.8 Å². The normalized spacial score (nSPS) is 17.5. The molecular weight excluding hydrogens is 671 g/mol. The molecule has 6 rings (SSSR count). The first kappa shape index (κ1) is 35.0. The highest BCUT2D eigenvalue weighted by Crippen LogP contribution is 2.65. The van der Waals surface area contributed by atoms with Crippen LogP contribution in [0, 0.1) is 0 Å². The lowest BCUT2D eigenvalue weighted by Gasteiger charge is -2.27. The summed E-state index contributed by atoms with van der Waals surface area (Å²) < 4.78 is 12.5. The molecule has 0 saturated heterocycles. The summed E-state index contributed by atoms with van der Waals surface area (Å²) in [7, 11) is 0.740. The summed E-state index contributed by atoms with van der Waals surface area (Å²) in [6.45, 7) is 3.01. The highest BCUT2D eigenvalue weighted by Gasteiger charge is 2.47. The number of hydrogen-bond donors (Lipinski definition) is 2. The number of carbonyl (C=O) groups is 4. The Morgan fingerprint density at radius 3 is 1.37 bits per heavy atom. The molecule has 51 heavy (non-hydrogen) atoms. The van der Waals surface area contributed by atoms with Crippen molar-refractivity contribution in [2.24, 2.45) is 0 Å². The quantitative estimate of drug-likeness (QED) is 0.174. The van der Waals surface area contributed by atoms with Gasteiger partial charge in [-0.15, -0.1) is 0 Å². The fourth-order valence-corrected chi connectivity index (χ4v) is 9.75. The zero-order valence-electron chi connectivity index (χ0n) is 28.2. The van der Waals surface area contributed by atoms with Crippen LogP contribution in [0.5, 0.6) is 0 Å². The third-order valence-corrected chi connectivity index (χ3v) is 11.8. The molecule has 0 radical (unpaired) electrons. The van der Waals surface area contributed by atoms with Gasteiger partial charge in [-0.3, -0.25) is 19.2 Å². The van der Waals surface area contributed by atoms with Gasteiger partial charge in [0.2, 0.25) is 0 Å².